The Labute approximate surface area is 147 Å². The van der Waals surface area contributed by atoms with Gasteiger partial charge >= 0.3 is 0 Å². The van der Waals surface area contributed by atoms with Gasteiger partial charge in [0.1, 0.15) is 6.17 Å². The fourth-order valence-electron chi connectivity index (χ4n) is 3.42. The van der Waals surface area contributed by atoms with E-state index in [0.717, 1.165) is 33.9 Å². The molecule has 2 aromatic carbocycles. The van der Waals surface area contributed by atoms with Crippen LogP contribution in [0.2, 0.25) is 0 Å². The maximum Gasteiger partial charge on any atom is 0.159 e. The number of carbonyl (C=O) groups is 1. The lowest BCUT2D eigenvalue weighted by Gasteiger charge is -2.31. The van der Waals surface area contributed by atoms with E-state index in [9.17, 15) is 4.79 Å². The average molecular weight is 332 g/mol. The molecule has 2 aromatic rings. The van der Waals surface area contributed by atoms with Crippen LogP contribution >= 0.6 is 0 Å². The van der Waals surface area contributed by atoms with Crippen molar-refractivity contribution in [1.29, 1.82) is 0 Å². The zero-order chi connectivity index (χ0) is 17.6. The van der Waals surface area contributed by atoms with Crippen LogP contribution in [0.3, 0.4) is 0 Å². The van der Waals surface area contributed by atoms with Gasteiger partial charge in [0, 0.05) is 35.1 Å². The number of nitrogens with zero attached hydrogens (tertiary/aromatic N) is 2. The predicted octanol–water partition coefficient (Wildman–Crippen LogP) is 3.49. The molecule has 2 N–H and O–H groups in total. The van der Waals surface area contributed by atoms with Crippen molar-refractivity contribution in [3.63, 3.8) is 0 Å². The van der Waals surface area contributed by atoms with Gasteiger partial charge in [-0.1, -0.05) is 30.3 Å². The van der Waals surface area contributed by atoms with Crippen LogP contribution in [0, 0.1) is 0 Å². The largest absolute Gasteiger partial charge is 0.364 e. The maximum atomic E-state index is 11.7. The Kier molecular flexibility index (Phi) is 3.66. The highest BCUT2D eigenvalue weighted by atomic mass is 16.1. The van der Waals surface area contributed by atoms with Crippen LogP contribution in [0.5, 0.6) is 0 Å². The number of fused-ring (bicyclic) bond motifs is 2. The topological polar surface area (TPSA) is 56.7 Å². The highest BCUT2D eigenvalue weighted by Crippen LogP contribution is 2.35. The molecule has 1 atom stereocenters. The monoisotopic (exact) mass is 332 g/mol. The van der Waals surface area contributed by atoms with Gasteiger partial charge in [0.15, 0.2) is 5.78 Å². The van der Waals surface area contributed by atoms with Crippen molar-refractivity contribution in [3.05, 3.63) is 70.9 Å². The summed E-state index contributed by atoms with van der Waals surface area (Å²) in [5.41, 5.74) is 10.1. The first-order valence-corrected chi connectivity index (χ1v) is 8.31. The van der Waals surface area contributed by atoms with Crippen molar-refractivity contribution >= 4 is 22.9 Å². The number of nitrogens with one attached hydrogen (secondary N) is 2. The predicted molar refractivity (Wildman–Crippen MR) is 100 cm³/mol. The van der Waals surface area contributed by atoms with Gasteiger partial charge in [-0.25, -0.2) is 10.0 Å². The van der Waals surface area contributed by atoms with Crippen LogP contribution in [0.15, 0.2) is 64.8 Å². The quantitative estimate of drug-likeness (QED) is 0.827. The Morgan fingerprint density at radius 2 is 1.96 bits per heavy atom. The lowest BCUT2D eigenvalue weighted by atomic mass is 9.93. The molecule has 0 aromatic heterocycles. The summed E-state index contributed by atoms with van der Waals surface area (Å²) >= 11 is 0. The number of rotatable bonds is 2. The van der Waals surface area contributed by atoms with Crippen molar-refractivity contribution in [2.24, 2.45) is 4.99 Å². The molecule has 5 nitrogen and oxygen atoms in total. The molecule has 0 spiro atoms. The van der Waals surface area contributed by atoms with Crippen molar-refractivity contribution in [2.75, 3.05) is 12.4 Å². The molecule has 2 aliphatic rings. The van der Waals surface area contributed by atoms with Crippen LogP contribution in [0.4, 0.5) is 11.4 Å². The molecule has 1 unspecified atom stereocenters. The summed E-state index contributed by atoms with van der Waals surface area (Å²) in [7, 11) is 2.01. The fraction of sp³-hybridized carbons (Fsp3) is 0.200. The number of hydrazine groups is 1. The number of aliphatic imine (C=N–C) groups is 1. The van der Waals surface area contributed by atoms with Crippen LogP contribution in [-0.4, -0.2) is 29.7 Å². The highest BCUT2D eigenvalue weighted by molar-refractivity contribution is 6.19. The molecule has 25 heavy (non-hydrogen) atoms. The molecule has 0 aliphatic carbocycles. The molecule has 0 bridgehead atoms. The lowest BCUT2D eigenvalue weighted by molar-refractivity contribution is 0.101. The smallest absolute Gasteiger partial charge is 0.159 e. The van der Waals surface area contributed by atoms with Gasteiger partial charge < -0.3 is 10.7 Å². The standard InChI is InChI=1S/C20H20N4O/c1-12-18-19(21-15-8-6-7-14(11-15)13(2)25)16-9-4-5-10-17(16)22-20(18)24(3)23-12/h4-11,20,22-23H,1-3H3. The Morgan fingerprint density at radius 1 is 1.16 bits per heavy atom. The summed E-state index contributed by atoms with van der Waals surface area (Å²) in [6.45, 7) is 3.63. The van der Waals surface area contributed by atoms with E-state index in [1.165, 1.54) is 0 Å². The summed E-state index contributed by atoms with van der Waals surface area (Å²) in [4.78, 5) is 16.6. The number of para-hydroxylation sites is 1. The first-order chi connectivity index (χ1) is 12.0. The number of Topliss-reactive ketones (excluding diaryl/α,β-unsaturated/α-hetero) is 1. The van der Waals surface area contributed by atoms with Crippen molar-refractivity contribution in [3.8, 4) is 0 Å². The van der Waals surface area contributed by atoms with Gasteiger partial charge in [0.2, 0.25) is 0 Å². The maximum absolute atomic E-state index is 11.7. The van der Waals surface area contributed by atoms with E-state index in [1.54, 1.807) is 6.92 Å². The average Bonchev–Trinajstić information content (AvgIpc) is 2.89. The fourth-order valence-corrected chi connectivity index (χ4v) is 3.42. The molecule has 5 heteroatoms. The molecule has 0 radical (unpaired) electrons. The number of anilines is 1. The molecular weight excluding hydrogens is 312 g/mol. The summed E-state index contributed by atoms with van der Waals surface area (Å²) in [5, 5.41) is 5.60. The summed E-state index contributed by atoms with van der Waals surface area (Å²) in [6, 6.07) is 15.6. The van der Waals surface area contributed by atoms with E-state index >= 15 is 0 Å². The number of benzene rings is 2. The first-order valence-electron chi connectivity index (χ1n) is 8.31. The molecule has 0 saturated heterocycles. The molecule has 2 aliphatic heterocycles. The van der Waals surface area contributed by atoms with E-state index in [0.29, 0.717) is 5.56 Å². The van der Waals surface area contributed by atoms with E-state index in [1.807, 2.05) is 48.5 Å². The minimum absolute atomic E-state index is 0.0321. The second-order valence-electron chi connectivity index (χ2n) is 6.42. The lowest BCUT2D eigenvalue weighted by Crippen LogP contribution is -2.43. The molecule has 2 heterocycles. The van der Waals surface area contributed by atoms with E-state index in [4.69, 9.17) is 4.99 Å². The number of hydrogen-bond donors (Lipinski definition) is 2. The molecule has 0 fully saturated rings. The summed E-state index contributed by atoms with van der Waals surface area (Å²) < 4.78 is 0. The van der Waals surface area contributed by atoms with Crippen molar-refractivity contribution < 1.29 is 4.79 Å². The Balaban J connectivity index is 1.90. The van der Waals surface area contributed by atoms with Gasteiger partial charge in [-0.3, -0.25) is 4.79 Å². The van der Waals surface area contributed by atoms with Crippen molar-refractivity contribution in [1.82, 2.24) is 10.4 Å². The van der Waals surface area contributed by atoms with Crippen LogP contribution in [0.25, 0.3) is 0 Å². The number of allylic oxidation sites excluding steroid dienone is 1. The van der Waals surface area contributed by atoms with Gasteiger partial charge in [0.25, 0.3) is 0 Å². The minimum Gasteiger partial charge on any atom is -0.364 e. The SMILES string of the molecule is CC(=O)c1cccc(N=C2C3=C(C)NN(C)C3Nc3ccccc32)c1. The third-order valence-corrected chi connectivity index (χ3v) is 4.63. The molecular formula is C20H20N4O. The number of likely N-dealkylation sites (N-methyl/N-ethyl adjacent to an activating group) is 1. The first kappa shape index (κ1) is 15.6. The van der Waals surface area contributed by atoms with E-state index in [2.05, 4.69) is 29.8 Å². The van der Waals surface area contributed by atoms with Gasteiger partial charge in [-0.15, -0.1) is 0 Å². The Bertz CT molecular complexity index is 929. The van der Waals surface area contributed by atoms with E-state index in [-0.39, 0.29) is 11.9 Å². The second-order valence-corrected chi connectivity index (χ2v) is 6.42. The number of hydrogen-bond acceptors (Lipinski definition) is 5. The molecule has 0 saturated carbocycles. The zero-order valence-corrected chi connectivity index (χ0v) is 14.5. The van der Waals surface area contributed by atoms with Crippen LogP contribution < -0.4 is 10.7 Å². The Hall–Kier alpha value is -2.92. The molecule has 4 rings (SSSR count). The highest BCUT2D eigenvalue weighted by Gasteiger charge is 2.36. The number of ketones is 1. The van der Waals surface area contributed by atoms with Crippen LogP contribution in [-0.2, 0) is 0 Å². The summed E-state index contributed by atoms with van der Waals surface area (Å²) in [5.74, 6) is 0.0447. The minimum atomic E-state index is 0.0321. The third kappa shape index (κ3) is 2.62. The van der Waals surface area contributed by atoms with Gasteiger partial charge in [-0.2, -0.15) is 0 Å². The third-order valence-electron chi connectivity index (χ3n) is 4.63. The Morgan fingerprint density at radius 3 is 2.76 bits per heavy atom. The van der Waals surface area contributed by atoms with E-state index < -0.39 is 0 Å². The van der Waals surface area contributed by atoms with Crippen LogP contribution in [0.1, 0.15) is 29.8 Å². The number of carbonyl (C=O) groups excluding carboxylic acids is 1. The van der Waals surface area contributed by atoms with Crippen molar-refractivity contribution in [2.45, 2.75) is 20.0 Å². The second kappa shape index (κ2) is 5.86. The molecule has 0 amide bonds. The normalized spacial score (nSPS) is 20.8. The molecule has 126 valence electrons. The van der Waals surface area contributed by atoms with Gasteiger partial charge in [-0.05, 0) is 32.0 Å². The summed E-state index contributed by atoms with van der Waals surface area (Å²) in [6.07, 6.45) is 0.0321. The van der Waals surface area contributed by atoms with Gasteiger partial charge in [0.05, 0.1) is 11.4 Å². The zero-order valence-electron chi connectivity index (χ0n) is 14.5.